The molecule has 0 aliphatic rings. The van der Waals surface area contributed by atoms with Crippen LogP contribution < -0.4 is 0 Å². The van der Waals surface area contributed by atoms with E-state index in [1.54, 1.807) is 0 Å². The molecular weight excluding hydrogens is 170 g/mol. The first kappa shape index (κ1) is 14.0. The van der Waals surface area contributed by atoms with E-state index in [2.05, 4.69) is 32.6 Å². The van der Waals surface area contributed by atoms with Gasteiger partial charge in [0.25, 0.3) is 0 Å². The summed E-state index contributed by atoms with van der Waals surface area (Å²) in [6, 6.07) is 0. The molecule has 0 unspecified atom stereocenters. The van der Waals surface area contributed by atoms with Crippen LogP contribution in [0, 0.1) is 5.92 Å². The zero-order valence-corrected chi connectivity index (χ0v) is 10.7. The van der Waals surface area contributed by atoms with Gasteiger partial charge < -0.3 is 4.90 Å². The molecule has 86 valence electrons. The molecule has 0 spiro atoms. The second-order valence-corrected chi connectivity index (χ2v) is 4.68. The third-order valence-electron chi connectivity index (χ3n) is 2.74. The molecule has 0 heterocycles. The van der Waals surface area contributed by atoms with Gasteiger partial charge in [0.15, 0.2) is 0 Å². The van der Waals surface area contributed by atoms with E-state index in [1.807, 2.05) is 0 Å². The molecule has 0 aliphatic heterocycles. The number of nitrogens with zero attached hydrogens (tertiary/aromatic N) is 1. The number of rotatable bonds is 9. The van der Waals surface area contributed by atoms with Gasteiger partial charge in [-0.25, -0.2) is 0 Å². The summed E-state index contributed by atoms with van der Waals surface area (Å²) in [6.45, 7) is 13.0. The number of hydrogen-bond acceptors (Lipinski definition) is 1. The molecule has 0 rings (SSSR count). The molecule has 0 amide bonds. The number of unbranched alkanes of at least 4 members (excludes halogenated alkanes) is 2. The van der Waals surface area contributed by atoms with Crippen LogP contribution in [0.15, 0.2) is 0 Å². The summed E-state index contributed by atoms with van der Waals surface area (Å²) in [6.07, 6.45) is 6.92. The average Bonchev–Trinajstić information content (AvgIpc) is 2.15. The van der Waals surface area contributed by atoms with Crippen molar-refractivity contribution in [1.82, 2.24) is 4.90 Å². The van der Waals surface area contributed by atoms with Gasteiger partial charge >= 0.3 is 0 Å². The Morgan fingerprint density at radius 2 is 1.64 bits per heavy atom. The highest BCUT2D eigenvalue weighted by molar-refractivity contribution is 4.55. The molecule has 0 atom stereocenters. The highest BCUT2D eigenvalue weighted by atomic mass is 15.1. The summed E-state index contributed by atoms with van der Waals surface area (Å²) in [5.74, 6) is 0.882. The summed E-state index contributed by atoms with van der Waals surface area (Å²) in [5.41, 5.74) is 0. The van der Waals surface area contributed by atoms with Crippen molar-refractivity contribution in [3.63, 3.8) is 0 Å². The standard InChI is InChI=1S/C13H29N/c1-5-11-14(6-2)12-9-7-8-10-13(3)4/h13H,5-12H2,1-4H3. The fourth-order valence-corrected chi connectivity index (χ4v) is 1.81. The lowest BCUT2D eigenvalue weighted by atomic mass is 10.1. The van der Waals surface area contributed by atoms with Crippen molar-refractivity contribution in [3.05, 3.63) is 0 Å². The highest BCUT2D eigenvalue weighted by Crippen LogP contribution is 2.08. The normalized spacial score (nSPS) is 11.6. The Morgan fingerprint density at radius 3 is 2.14 bits per heavy atom. The zero-order valence-electron chi connectivity index (χ0n) is 10.7. The minimum atomic E-state index is 0.882. The monoisotopic (exact) mass is 199 g/mol. The molecule has 0 radical (unpaired) electrons. The van der Waals surface area contributed by atoms with E-state index in [0.29, 0.717) is 0 Å². The lowest BCUT2D eigenvalue weighted by molar-refractivity contribution is 0.280. The Hall–Kier alpha value is -0.0400. The first-order valence-electron chi connectivity index (χ1n) is 6.43. The Labute approximate surface area is 90.9 Å². The molecule has 0 N–H and O–H groups in total. The molecule has 0 saturated heterocycles. The summed E-state index contributed by atoms with van der Waals surface area (Å²) in [4.78, 5) is 2.56. The van der Waals surface area contributed by atoms with Crippen molar-refractivity contribution in [2.75, 3.05) is 19.6 Å². The molecule has 0 fully saturated rings. The largest absolute Gasteiger partial charge is 0.304 e. The minimum Gasteiger partial charge on any atom is -0.304 e. The van der Waals surface area contributed by atoms with Gasteiger partial charge in [-0.2, -0.15) is 0 Å². The Morgan fingerprint density at radius 1 is 0.929 bits per heavy atom. The second-order valence-electron chi connectivity index (χ2n) is 4.68. The molecule has 0 saturated carbocycles. The summed E-state index contributed by atoms with van der Waals surface area (Å²) in [7, 11) is 0. The molecular formula is C13H29N. The SMILES string of the molecule is CCCN(CC)CCCCCC(C)C. The minimum absolute atomic E-state index is 0.882. The number of hydrogen-bond donors (Lipinski definition) is 0. The maximum atomic E-state index is 2.56. The predicted molar refractivity (Wildman–Crippen MR) is 65.7 cm³/mol. The molecule has 1 nitrogen and oxygen atoms in total. The van der Waals surface area contributed by atoms with Crippen LogP contribution in [0.2, 0.25) is 0 Å². The van der Waals surface area contributed by atoms with Crippen molar-refractivity contribution in [1.29, 1.82) is 0 Å². The van der Waals surface area contributed by atoms with Crippen molar-refractivity contribution in [2.45, 2.75) is 59.8 Å². The van der Waals surface area contributed by atoms with Crippen LogP contribution in [0.25, 0.3) is 0 Å². The molecule has 0 aliphatic carbocycles. The van der Waals surface area contributed by atoms with Gasteiger partial charge in [-0.1, -0.05) is 47.0 Å². The fourth-order valence-electron chi connectivity index (χ4n) is 1.81. The van der Waals surface area contributed by atoms with Crippen LogP contribution in [0.5, 0.6) is 0 Å². The molecule has 0 aromatic heterocycles. The first-order chi connectivity index (χ1) is 6.70. The van der Waals surface area contributed by atoms with Crippen molar-refractivity contribution < 1.29 is 0 Å². The van der Waals surface area contributed by atoms with Crippen LogP contribution in [0.4, 0.5) is 0 Å². The maximum Gasteiger partial charge on any atom is -0.00189 e. The average molecular weight is 199 g/mol. The van der Waals surface area contributed by atoms with E-state index in [4.69, 9.17) is 0 Å². The van der Waals surface area contributed by atoms with Crippen molar-refractivity contribution in [2.24, 2.45) is 5.92 Å². The molecule has 1 heteroatoms. The first-order valence-corrected chi connectivity index (χ1v) is 6.43. The molecule has 14 heavy (non-hydrogen) atoms. The van der Waals surface area contributed by atoms with Crippen LogP contribution in [-0.2, 0) is 0 Å². The Kier molecular flexibility index (Phi) is 9.49. The van der Waals surface area contributed by atoms with Crippen molar-refractivity contribution >= 4 is 0 Å². The zero-order chi connectivity index (χ0) is 10.8. The third-order valence-corrected chi connectivity index (χ3v) is 2.74. The second kappa shape index (κ2) is 9.51. The van der Waals surface area contributed by atoms with Gasteiger partial charge in [0, 0.05) is 0 Å². The van der Waals surface area contributed by atoms with E-state index in [0.717, 1.165) is 5.92 Å². The lowest BCUT2D eigenvalue weighted by Gasteiger charge is -2.19. The molecule has 0 bridgehead atoms. The van der Waals surface area contributed by atoms with Gasteiger partial charge in [-0.3, -0.25) is 0 Å². The van der Waals surface area contributed by atoms with Crippen LogP contribution in [-0.4, -0.2) is 24.5 Å². The Bertz CT molecular complexity index is 110. The smallest absolute Gasteiger partial charge is 0.00189 e. The summed E-state index contributed by atoms with van der Waals surface area (Å²) in [5, 5.41) is 0. The van der Waals surface area contributed by atoms with Crippen LogP contribution in [0.1, 0.15) is 59.8 Å². The van der Waals surface area contributed by atoms with E-state index < -0.39 is 0 Å². The van der Waals surface area contributed by atoms with Gasteiger partial charge in [-0.15, -0.1) is 0 Å². The molecule has 0 aromatic rings. The topological polar surface area (TPSA) is 3.24 Å². The van der Waals surface area contributed by atoms with E-state index in [9.17, 15) is 0 Å². The van der Waals surface area contributed by atoms with Gasteiger partial charge in [0.2, 0.25) is 0 Å². The van der Waals surface area contributed by atoms with Gasteiger partial charge in [0.05, 0.1) is 0 Å². The highest BCUT2D eigenvalue weighted by Gasteiger charge is 2.00. The Balaban J connectivity index is 3.24. The predicted octanol–water partition coefficient (Wildman–Crippen LogP) is 3.93. The summed E-state index contributed by atoms with van der Waals surface area (Å²) >= 11 is 0. The lowest BCUT2D eigenvalue weighted by Crippen LogP contribution is -2.25. The molecule has 0 aromatic carbocycles. The van der Waals surface area contributed by atoms with Gasteiger partial charge in [-0.05, 0) is 38.4 Å². The van der Waals surface area contributed by atoms with E-state index in [-0.39, 0.29) is 0 Å². The van der Waals surface area contributed by atoms with E-state index >= 15 is 0 Å². The van der Waals surface area contributed by atoms with Crippen LogP contribution in [0.3, 0.4) is 0 Å². The fraction of sp³-hybridized carbons (Fsp3) is 1.00. The summed E-state index contributed by atoms with van der Waals surface area (Å²) < 4.78 is 0. The maximum absolute atomic E-state index is 2.56. The van der Waals surface area contributed by atoms with Crippen molar-refractivity contribution in [3.8, 4) is 0 Å². The van der Waals surface area contributed by atoms with Crippen LogP contribution >= 0.6 is 0 Å². The van der Waals surface area contributed by atoms with E-state index in [1.165, 1.54) is 51.7 Å². The quantitative estimate of drug-likeness (QED) is 0.508. The third kappa shape index (κ3) is 8.55. The van der Waals surface area contributed by atoms with Gasteiger partial charge in [0.1, 0.15) is 0 Å².